The second-order valence-corrected chi connectivity index (χ2v) is 12.9. The molecule has 0 aromatic heterocycles. The Hall–Kier alpha value is -3.18. The zero-order valence-electron chi connectivity index (χ0n) is 26.6. The number of aliphatic hydroxyl groups excluding tert-OH is 3. The number of carbonyl (C=O) groups is 2. The van der Waals surface area contributed by atoms with E-state index in [2.05, 4.69) is 0 Å². The molecule has 2 aliphatic carbocycles. The van der Waals surface area contributed by atoms with Gasteiger partial charge < -0.3 is 60.4 Å². The van der Waals surface area contributed by atoms with Gasteiger partial charge in [-0.1, -0.05) is 12.1 Å². The molecule has 258 valence electrons. The van der Waals surface area contributed by atoms with Gasteiger partial charge in [-0.15, -0.1) is 0 Å². The van der Waals surface area contributed by atoms with E-state index in [1.807, 2.05) is 0 Å². The van der Waals surface area contributed by atoms with Crippen molar-refractivity contribution in [1.82, 2.24) is 0 Å². The Morgan fingerprint density at radius 2 is 1.72 bits per heavy atom. The smallest absolute Gasteiger partial charge is 0.202 e. The Kier molecular flexibility index (Phi) is 10.0. The fourth-order valence-corrected chi connectivity index (χ4v) is 6.68. The van der Waals surface area contributed by atoms with Gasteiger partial charge in [0.1, 0.15) is 23.4 Å². The normalized spacial score (nSPS) is 29.8. The first-order chi connectivity index (χ1) is 22.1. The van der Waals surface area contributed by atoms with Crippen molar-refractivity contribution in [2.45, 2.75) is 114 Å². The van der Waals surface area contributed by atoms with Crippen LogP contribution in [0.25, 0.3) is 0 Å². The van der Waals surface area contributed by atoms with Gasteiger partial charge in [0.2, 0.25) is 5.78 Å². The van der Waals surface area contributed by atoms with Crippen molar-refractivity contribution in [3.63, 3.8) is 0 Å². The molecule has 47 heavy (non-hydrogen) atoms. The molecule has 9 N–H and O–H groups in total. The van der Waals surface area contributed by atoms with Gasteiger partial charge in [-0.3, -0.25) is 9.59 Å². The summed E-state index contributed by atoms with van der Waals surface area (Å²) in [6, 6.07) is 3.22. The number of rotatable bonds is 10. The number of hydrogen-bond donors (Lipinski definition) is 8. The van der Waals surface area contributed by atoms with Crippen LogP contribution in [0.5, 0.6) is 17.2 Å². The van der Waals surface area contributed by atoms with Gasteiger partial charge in [-0.2, -0.15) is 0 Å². The zero-order chi connectivity index (χ0) is 34.5. The van der Waals surface area contributed by atoms with E-state index in [0.29, 0.717) is 0 Å². The molecule has 2 aromatic carbocycles. The number of fused-ring (bicyclic) bond motifs is 3. The predicted octanol–water partition coefficient (Wildman–Crippen LogP) is 1.04. The second kappa shape index (κ2) is 13.4. The van der Waals surface area contributed by atoms with E-state index in [9.17, 15) is 45.3 Å². The Labute approximate surface area is 271 Å². The molecule has 0 saturated carbocycles. The number of benzene rings is 2. The third-order valence-corrected chi connectivity index (χ3v) is 9.19. The fourth-order valence-electron chi connectivity index (χ4n) is 6.68. The maximum Gasteiger partial charge on any atom is 0.202 e. The quantitative estimate of drug-likeness (QED) is 0.112. The Bertz CT molecular complexity index is 1510. The van der Waals surface area contributed by atoms with E-state index in [0.717, 1.165) is 0 Å². The average Bonchev–Trinajstić information content (AvgIpc) is 2.98. The van der Waals surface area contributed by atoms with Gasteiger partial charge >= 0.3 is 0 Å². The fraction of sp³-hybridized carbons (Fsp3) is 0.576. The van der Waals surface area contributed by atoms with E-state index >= 15 is 0 Å². The van der Waals surface area contributed by atoms with Crippen molar-refractivity contribution < 1.29 is 64.3 Å². The maximum absolute atomic E-state index is 13.6. The molecule has 1 aliphatic heterocycles. The maximum atomic E-state index is 13.6. The summed E-state index contributed by atoms with van der Waals surface area (Å²) in [6.07, 6.45) is -7.85. The molecule has 1 fully saturated rings. The van der Waals surface area contributed by atoms with Crippen LogP contribution in [0.4, 0.5) is 0 Å². The average molecular weight is 662 g/mol. The number of phenols is 3. The first kappa shape index (κ1) is 35.1. The van der Waals surface area contributed by atoms with Crippen LogP contribution in [-0.4, -0.2) is 109 Å². The molecule has 2 aromatic rings. The third-order valence-electron chi connectivity index (χ3n) is 9.19. The Morgan fingerprint density at radius 1 is 1.04 bits per heavy atom. The molecule has 10 atom stereocenters. The number of ether oxygens (including phenoxy) is 4. The van der Waals surface area contributed by atoms with Crippen LogP contribution in [0.2, 0.25) is 0 Å². The van der Waals surface area contributed by atoms with Crippen molar-refractivity contribution in [3.05, 3.63) is 51.6 Å². The number of ketones is 2. The summed E-state index contributed by atoms with van der Waals surface area (Å²) in [6.45, 7) is 5.99. The van der Waals surface area contributed by atoms with Gasteiger partial charge in [0, 0.05) is 48.4 Å². The number of aliphatic hydroxyl groups is 4. The van der Waals surface area contributed by atoms with Crippen molar-refractivity contribution in [1.29, 1.82) is 0 Å². The molecular formula is C33H43NO13. The van der Waals surface area contributed by atoms with E-state index < -0.39 is 101 Å². The van der Waals surface area contributed by atoms with E-state index in [-0.39, 0.29) is 54.5 Å². The molecule has 0 bridgehead atoms. The lowest BCUT2D eigenvalue weighted by Crippen LogP contribution is -2.55. The standard InChI is InChI=1S/C33H43NO13/c1-13(36)8-22(44-14(2)12-35)47-32-15(3)45-23(9-19(32)34)46-21-11-33(43,16(4)37)10-18-25(21)31(42)27-26(29(18)40)28(39)17-6-5-7-20(38)24(17)30(27)41/h5-7,13-16,19,21-23,32,35-38,40,42-43H,8-12,34H2,1-4H3/t13-,14-,15-,16+,19-,21+,22+,23+,32+,33-/m0/s1. The molecule has 3 aliphatic rings. The van der Waals surface area contributed by atoms with Crippen molar-refractivity contribution in [2.24, 2.45) is 5.73 Å². The van der Waals surface area contributed by atoms with Crippen LogP contribution in [0.3, 0.4) is 0 Å². The van der Waals surface area contributed by atoms with Crippen LogP contribution in [0.15, 0.2) is 18.2 Å². The lowest BCUT2D eigenvalue weighted by molar-refractivity contribution is -0.286. The van der Waals surface area contributed by atoms with Crippen molar-refractivity contribution >= 4 is 11.6 Å². The zero-order valence-corrected chi connectivity index (χ0v) is 26.6. The molecule has 1 saturated heterocycles. The number of phenolic OH excluding ortho intramolecular Hbond substituents is 3. The SMILES string of the molecule is C[C@H](O)C[C@@H](O[C@@H]1[C@H](C)O[C@H](O[C@@H]2C[C@](O)([C@@H](C)O)Cc3c(O)c4c(c(O)c32)C(=O)c2c(O)cccc2C4=O)C[C@@H]1N)O[C@@H](C)CO. The molecule has 0 spiro atoms. The lowest BCUT2D eigenvalue weighted by Gasteiger charge is -2.44. The molecule has 14 heteroatoms. The van der Waals surface area contributed by atoms with Crippen LogP contribution in [-0.2, 0) is 25.4 Å². The summed E-state index contributed by atoms with van der Waals surface area (Å²) >= 11 is 0. The van der Waals surface area contributed by atoms with Crippen LogP contribution in [0.1, 0.15) is 96.0 Å². The largest absolute Gasteiger partial charge is 0.507 e. The van der Waals surface area contributed by atoms with Gasteiger partial charge in [0.25, 0.3) is 0 Å². The molecular weight excluding hydrogens is 618 g/mol. The minimum absolute atomic E-state index is 0.0429. The predicted molar refractivity (Wildman–Crippen MR) is 163 cm³/mol. The number of carbonyl (C=O) groups excluding carboxylic acids is 2. The topological polar surface area (TPSA) is 239 Å². The van der Waals surface area contributed by atoms with Gasteiger partial charge in [0.15, 0.2) is 18.4 Å². The Balaban J connectivity index is 1.48. The second-order valence-electron chi connectivity index (χ2n) is 12.9. The molecule has 0 amide bonds. The number of hydrogen-bond acceptors (Lipinski definition) is 14. The van der Waals surface area contributed by atoms with Crippen molar-refractivity contribution in [3.8, 4) is 17.2 Å². The summed E-state index contributed by atoms with van der Waals surface area (Å²) in [5, 5.41) is 74.9. The molecule has 5 rings (SSSR count). The van der Waals surface area contributed by atoms with Gasteiger partial charge in [-0.05, 0) is 33.8 Å². The summed E-state index contributed by atoms with van der Waals surface area (Å²) in [7, 11) is 0. The molecule has 1 heterocycles. The highest BCUT2D eigenvalue weighted by Crippen LogP contribution is 2.53. The van der Waals surface area contributed by atoms with Crippen LogP contribution >= 0.6 is 0 Å². The van der Waals surface area contributed by atoms with E-state index in [4.69, 9.17) is 24.7 Å². The van der Waals surface area contributed by atoms with E-state index in [1.165, 1.54) is 25.1 Å². The highest BCUT2D eigenvalue weighted by molar-refractivity contribution is 6.31. The van der Waals surface area contributed by atoms with E-state index in [1.54, 1.807) is 20.8 Å². The van der Waals surface area contributed by atoms with Crippen molar-refractivity contribution in [2.75, 3.05) is 6.61 Å². The van der Waals surface area contributed by atoms with Gasteiger partial charge in [-0.25, -0.2) is 0 Å². The number of aromatic hydroxyl groups is 3. The van der Waals surface area contributed by atoms with Crippen LogP contribution < -0.4 is 5.73 Å². The highest BCUT2D eigenvalue weighted by Gasteiger charge is 2.49. The molecule has 0 radical (unpaired) electrons. The first-order valence-electron chi connectivity index (χ1n) is 15.7. The number of nitrogens with two attached hydrogens (primary N) is 1. The van der Waals surface area contributed by atoms with Gasteiger partial charge in [0.05, 0.1) is 59.4 Å². The molecule has 14 nitrogen and oxygen atoms in total. The third kappa shape index (κ3) is 6.49. The lowest BCUT2D eigenvalue weighted by atomic mass is 9.71. The summed E-state index contributed by atoms with van der Waals surface area (Å²) < 4.78 is 24.2. The first-order valence-corrected chi connectivity index (χ1v) is 15.7. The minimum atomic E-state index is -1.88. The minimum Gasteiger partial charge on any atom is -0.507 e. The summed E-state index contributed by atoms with van der Waals surface area (Å²) in [5.41, 5.74) is 3.00. The molecule has 0 unspecified atom stereocenters. The summed E-state index contributed by atoms with van der Waals surface area (Å²) in [5.74, 6) is -3.48. The van der Waals surface area contributed by atoms with Crippen LogP contribution in [0, 0.1) is 0 Å². The monoisotopic (exact) mass is 661 g/mol. The highest BCUT2D eigenvalue weighted by atomic mass is 16.7. The summed E-state index contributed by atoms with van der Waals surface area (Å²) in [4.78, 5) is 27.1. The Morgan fingerprint density at radius 3 is 2.34 bits per heavy atom.